The Bertz CT molecular complexity index is 578. The van der Waals surface area contributed by atoms with Crippen molar-refractivity contribution in [2.75, 3.05) is 33.5 Å². The Morgan fingerprint density at radius 2 is 2.00 bits per heavy atom. The van der Waals surface area contributed by atoms with Crippen molar-refractivity contribution in [3.8, 4) is 5.75 Å². The predicted molar refractivity (Wildman–Crippen MR) is 73.4 cm³/mol. The van der Waals surface area contributed by atoms with Gasteiger partial charge in [0.1, 0.15) is 18.1 Å². The molecule has 0 saturated heterocycles. The van der Waals surface area contributed by atoms with Gasteiger partial charge in [-0.1, -0.05) is 0 Å². The highest BCUT2D eigenvalue weighted by Crippen LogP contribution is 2.21. The molecule has 0 unspecified atom stereocenters. The first-order valence-corrected chi connectivity index (χ1v) is 6.26. The first kappa shape index (κ1) is 14.4. The largest absolute Gasteiger partial charge is 0.491 e. The summed E-state index contributed by atoms with van der Waals surface area (Å²) >= 11 is 0. The molecule has 2 aromatic rings. The third kappa shape index (κ3) is 3.72. The lowest BCUT2D eigenvalue weighted by molar-refractivity contribution is 0.0544. The molecule has 20 heavy (non-hydrogen) atoms. The van der Waals surface area contributed by atoms with Crippen LogP contribution in [0.1, 0.15) is 10.5 Å². The number of fused-ring (bicyclic) bond motifs is 1. The molecule has 0 bridgehead atoms. The number of aromatic amines is 1. The van der Waals surface area contributed by atoms with Crippen LogP contribution in [0, 0.1) is 0 Å². The van der Waals surface area contributed by atoms with Crippen molar-refractivity contribution in [3.05, 3.63) is 30.0 Å². The summed E-state index contributed by atoms with van der Waals surface area (Å²) in [6.45, 7) is 2.01. The van der Waals surface area contributed by atoms with Gasteiger partial charge in [0, 0.05) is 24.1 Å². The number of carboxylic acids is 1. The second kappa shape index (κ2) is 6.93. The summed E-state index contributed by atoms with van der Waals surface area (Å²) in [6, 6.07) is 6.99. The van der Waals surface area contributed by atoms with E-state index in [1.54, 1.807) is 25.3 Å². The third-order valence-corrected chi connectivity index (χ3v) is 2.75. The van der Waals surface area contributed by atoms with E-state index in [9.17, 15) is 4.79 Å². The van der Waals surface area contributed by atoms with Crippen LogP contribution in [-0.2, 0) is 9.47 Å². The number of rotatable bonds is 8. The summed E-state index contributed by atoms with van der Waals surface area (Å²) in [6.07, 6.45) is 0. The van der Waals surface area contributed by atoms with E-state index in [4.69, 9.17) is 19.3 Å². The molecule has 0 fully saturated rings. The lowest BCUT2D eigenvalue weighted by atomic mass is 10.2. The SMILES string of the molecule is COCCOCCOc1ccc2cc(C(=O)O)[nH]c2c1. The highest BCUT2D eigenvalue weighted by molar-refractivity contribution is 5.94. The number of hydrogen-bond acceptors (Lipinski definition) is 4. The Balaban J connectivity index is 1.89. The molecule has 0 aliphatic heterocycles. The molecule has 6 heteroatoms. The minimum absolute atomic E-state index is 0.167. The van der Waals surface area contributed by atoms with Crippen molar-refractivity contribution in [1.29, 1.82) is 0 Å². The number of methoxy groups -OCH3 is 1. The number of carboxylic acid groups (broad SMARTS) is 1. The van der Waals surface area contributed by atoms with Crippen LogP contribution in [0.5, 0.6) is 5.75 Å². The molecule has 0 amide bonds. The third-order valence-electron chi connectivity index (χ3n) is 2.75. The van der Waals surface area contributed by atoms with Gasteiger partial charge in [-0.3, -0.25) is 0 Å². The monoisotopic (exact) mass is 279 g/mol. The second-order valence-electron chi connectivity index (χ2n) is 4.19. The summed E-state index contributed by atoms with van der Waals surface area (Å²) < 4.78 is 15.7. The van der Waals surface area contributed by atoms with E-state index in [0.717, 1.165) is 10.9 Å². The average Bonchev–Trinajstić information content (AvgIpc) is 2.86. The molecule has 6 nitrogen and oxygen atoms in total. The zero-order valence-corrected chi connectivity index (χ0v) is 11.2. The fourth-order valence-electron chi connectivity index (χ4n) is 1.77. The maximum absolute atomic E-state index is 10.9. The number of nitrogens with one attached hydrogen (secondary N) is 1. The van der Waals surface area contributed by atoms with Gasteiger partial charge in [-0.15, -0.1) is 0 Å². The molecule has 0 aliphatic carbocycles. The highest BCUT2D eigenvalue weighted by Gasteiger charge is 2.07. The molecule has 1 heterocycles. The Morgan fingerprint density at radius 1 is 1.20 bits per heavy atom. The van der Waals surface area contributed by atoms with Gasteiger partial charge in [-0.05, 0) is 18.2 Å². The minimum atomic E-state index is -0.977. The van der Waals surface area contributed by atoms with Gasteiger partial charge in [-0.2, -0.15) is 0 Å². The van der Waals surface area contributed by atoms with Gasteiger partial charge < -0.3 is 24.3 Å². The molecule has 0 atom stereocenters. The number of aromatic nitrogens is 1. The highest BCUT2D eigenvalue weighted by atomic mass is 16.5. The van der Waals surface area contributed by atoms with Crippen molar-refractivity contribution in [2.24, 2.45) is 0 Å². The number of carbonyl (C=O) groups is 1. The van der Waals surface area contributed by atoms with E-state index in [-0.39, 0.29) is 5.69 Å². The molecule has 1 aromatic heterocycles. The van der Waals surface area contributed by atoms with Crippen LogP contribution in [0.4, 0.5) is 0 Å². The maximum Gasteiger partial charge on any atom is 0.352 e. The van der Waals surface area contributed by atoms with Crippen molar-refractivity contribution in [2.45, 2.75) is 0 Å². The number of hydrogen-bond donors (Lipinski definition) is 2. The van der Waals surface area contributed by atoms with Crippen LogP contribution in [0.25, 0.3) is 10.9 Å². The summed E-state index contributed by atoms with van der Waals surface area (Å²) in [5.41, 5.74) is 0.903. The van der Waals surface area contributed by atoms with Crippen molar-refractivity contribution < 1.29 is 24.1 Å². The van der Waals surface area contributed by atoms with E-state index >= 15 is 0 Å². The van der Waals surface area contributed by atoms with Crippen molar-refractivity contribution in [3.63, 3.8) is 0 Å². The van der Waals surface area contributed by atoms with Crippen LogP contribution in [0.3, 0.4) is 0 Å². The van der Waals surface area contributed by atoms with Crippen LogP contribution >= 0.6 is 0 Å². The zero-order chi connectivity index (χ0) is 14.4. The normalized spacial score (nSPS) is 10.8. The van der Waals surface area contributed by atoms with E-state index in [1.807, 2.05) is 6.07 Å². The number of aromatic carboxylic acids is 1. The minimum Gasteiger partial charge on any atom is -0.491 e. The summed E-state index contributed by atoms with van der Waals surface area (Å²) in [4.78, 5) is 13.7. The van der Waals surface area contributed by atoms with Crippen molar-refractivity contribution in [1.82, 2.24) is 4.98 Å². The Morgan fingerprint density at radius 3 is 2.75 bits per heavy atom. The lowest BCUT2D eigenvalue weighted by Crippen LogP contribution is -2.09. The van der Waals surface area contributed by atoms with Gasteiger partial charge in [0.15, 0.2) is 0 Å². The van der Waals surface area contributed by atoms with Crippen LogP contribution < -0.4 is 4.74 Å². The lowest BCUT2D eigenvalue weighted by Gasteiger charge is -2.07. The molecule has 108 valence electrons. The van der Waals surface area contributed by atoms with E-state index in [2.05, 4.69) is 4.98 Å². The van der Waals surface area contributed by atoms with Gasteiger partial charge >= 0.3 is 5.97 Å². The van der Waals surface area contributed by atoms with Gasteiger partial charge in [-0.25, -0.2) is 4.79 Å². The zero-order valence-electron chi connectivity index (χ0n) is 11.2. The van der Waals surface area contributed by atoms with Gasteiger partial charge in [0.05, 0.1) is 19.8 Å². The maximum atomic E-state index is 10.9. The Labute approximate surface area is 116 Å². The van der Waals surface area contributed by atoms with Crippen LogP contribution in [0.15, 0.2) is 24.3 Å². The first-order chi connectivity index (χ1) is 9.70. The molecular weight excluding hydrogens is 262 g/mol. The fraction of sp³-hybridized carbons (Fsp3) is 0.357. The van der Waals surface area contributed by atoms with E-state index in [0.29, 0.717) is 32.2 Å². The predicted octanol–water partition coefficient (Wildman–Crippen LogP) is 1.91. The summed E-state index contributed by atoms with van der Waals surface area (Å²) in [5, 5.41) is 9.75. The molecule has 1 aromatic carbocycles. The van der Waals surface area contributed by atoms with Crippen LogP contribution in [-0.4, -0.2) is 49.6 Å². The smallest absolute Gasteiger partial charge is 0.352 e. The van der Waals surface area contributed by atoms with Crippen molar-refractivity contribution >= 4 is 16.9 Å². The van der Waals surface area contributed by atoms with Crippen LogP contribution in [0.2, 0.25) is 0 Å². The number of H-pyrrole nitrogens is 1. The summed E-state index contributed by atoms with van der Waals surface area (Å²) in [7, 11) is 1.62. The molecule has 2 N–H and O–H groups in total. The topological polar surface area (TPSA) is 80.8 Å². The Kier molecular flexibility index (Phi) is 4.97. The number of benzene rings is 1. The molecule has 0 spiro atoms. The van der Waals surface area contributed by atoms with Gasteiger partial charge in [0.2, 0.25) is 0 Å². The molecule has 0 aliphatic rings. The Hall–Kier alpha value is -2.05. The molecule has 0 saturated carbocycles. The quantitative estimate of drug-likeness (QED) is 0.721. The van der Waals surface area contributed by atoms with E-state index < -0.39 is 5.97 Å². The molecular formula is C14H17NO5. The standard InChI is InChI=1S/C14H17NO5/c1-18-4-5-19-6-7-20-11-3-2-10-8-13(14(16)17)15-12(10)9-11/h2-3,8-9,15H,4-7H2,1H3,(H,16,17). The first-order valence-electron chi connectivity index (χ1n) is 6.26. The average molecular weight is 279 g/mol. The fourth-order valence-corrected chi connectivity index (χ4v) is 1.77. The molecule has 0 radical (unpaired) electrons. The summed E-state index contributed by atoms with van der Waals surface area (Å²) in [5.74, 6) is -0.304. The van der Waals surface area contributed by atoms with E-state index in [1.165, 1.54) is 0 Å². The second-order valence-corrected chi connectivity index (χ2v) is 4.19. The number of ether oxygens (including phenoxy) is 3. The van der Waals surface area contributed by atoms with Gasteiger partial charge in [0.25, 0.3) is 0 Å². The molecule has 2 rings (SSSR count).